The Kier molecular flexibility index (Phi) is 5.66. The van der Waals surface area contributed by atoms with Crippen molar-refractivity contribution in [1.82, 2.24) is 15.0 Å². The Morgan fingerprint density at radius 1 is 1.00 bits per heavy atom. The number of ether oxygens (including phenoxy) is 1. The van der Waals surface area contributed by atoms with Gasteiger partial charge in [0.15, 0.2) is 0 Å². The summed E-state index contributed by atoms with van der Waals surface area (Å²) in [5.74, 6) is 0. The Morgan fingerprint density at radius 3 is 2.15 bits per heavy atom. The van der Waals surface area contributed by atoms with Crippen LogP contribution in [0.5, 0.6) is 0 Å². The van der Waals surface area contributed by atoms with E-state index in [-0.39, 0.29) is 0 Å². The van der Waals surface area contributed by atoms with E-state index < -0.39 is 0 Å². The maximum Gasteiger partial charge on any atom is 0.113 e. The van der Waals surface area contributed by atoms with Crippen molar-refractivity contribution < 1.29 is 4.74 Å². The summed E-state index contributed by atoms with van der Waals surface area (Å²) >= 11 is 0. The zero-order valence-electron chi connectivity index (χ0n) is 16.9. The molecule has 0 bridgehead atoms. The molecule has 0 spiro atoms. The monoisotopic (exact) mass is 356 g/mol. The van der Waals surface area contributed by atoms with Crippen LogP contribution in [0.15, 0.2) is 18.3 Å². The van der Waals surface area contributed by atoms with Crippen molar-refractivity contribution in [3.63, 3.8) is 0 Å². The van der Waals surface area contributed by atoms with Crippen LogP contribution in [0.1, 0.15) is 44.2 Å². The molecule has 4 rings (SSSR count). The second kappa shape index (κ2) is 7.78. The lowest BCUT2D eigenvalue weighted by Gasteiger charge is -2.48. The first-order chi connectivity index (χ1) is 12.4. The maximum absolute atomic E-state index is 5.07. The Morgan fingerprint density at radius 2 is 1.69 bits per heavy atom. The first-order valence-corrected chi connectivity index (χ1v) is 9.66. The van der Waals surface area contributed by atoms with E-state index in [2.05, 4.69) is 55.0 Å². The largest absolute Gasteiger partial charge is 0.381 e. The number of hydrogen-bond acceptors (Lipinski definition) is 4. The fourth-order valence-corrected chi connectivity index (χ4v) is 3.73. The third-order valence-corrected chi connectivity index (χ3v) is 5.08. The van der Waals surface area contributed by atoms with Crippen LogP contribution in [0.2, 0.25) is 0 Å². The smallest absolute Gasteiger partial charge is 0.113 e. The van der Waals surface area contributed by atoms with Gasteiger partial charge < -0.3 is 9.64 Å². The summed E-state index contributed by atoms with van der Waals surface area (Å²) in [5, 5.41) is 8.24. The van der Waals surface area contributed by atoms with E-state index in [0.717, 1.165) is 32.0 Å². The summed E-state index contributed by atoms with van der Waals surface area (Å²) in [6.07, 6.45) is 5.90. The highest BCUT2D eigenvalue weighted by atomic mass is 16.5. The minimum absolute atomic E-state index is 0.448. The number of aromatic nitrogens is 3. The van der Waals surface area contributed by atoms with Crippen LogP contribution < -0.4 is 4.90 Å². The van der Waals surface area contributed by atoms with E-state index in [1.807, 2.05) is 13.2 Å². The average Bonchev–Trinajstić information content (AvgIpc) is 3.03. The van der Waals surface area contributed by atoms with E-state index in [9.17, 15) is 0 Å². The molecular formula is C21H32N4O. The van der Waals surface area contributed by atoms with Crippen molar-refractivity contribution in [1.29, 1.82) is 0 Å². The molecule has 0 amide bonds. The van der Waals surface area contributed by atoms with Gasteiger partial charge in [0.25, 0.3) is 0 Å². The van der Waals surface area contributed by atoms with Crippen LogP contribution >= 0.6 is 0 Å². The summed E-state index contributed by atoms with van der Waals surface area (Å²) in [6.45, 7) is 13.2. The van der Waals surface area contributed by atoms with Gasteiger partial charge in [0.1, 0.15) is 5.69 Å². The molecule has 1 aromatic carbocycles. The number of nitrogens with zero attached hydrogens (tertiary/aromatic N) is 4. The van der Waals surface area contributed by atoms with Crippen LogP contribution in [-0.4, -0.2) is 41.3 Å². The van der Waals surface area contributed by atoms with Gasteiger partial charge in [0, 0.05) is 44.6 Å². The Labute approximate surface area is 157 Å². The molecule has 0 N–H and O–H groups in total. The molecule has 0 saturated carbocycles. The molecule has 0 unspecified atom stereocenters. The number of benzene rings is 1. The lowest BCUT2D eigenvalue weighted by Crippen LogP contribution is -2.53. The van der Waals surface area contributed by atoms with Gasteiger partial charge in [0.2, 0.25) is 0 Å². The van der Waals surface area contributed by atoms with Gasteiger partial charge in [-0.2, -0.15) is 0 Å². The van der Waals surface area contributed by atoms with Gasteiger partial charge in [0.05, 0.1) is 6.20 Å². The van der Waals surface area contributed by atoms with Crippen LogP contribution in [0.25, 0.3) is 11.3 Å². The lowest BCUT2D eigenvalue weighted by atomic mass is 9.83. The van der Waals surface area contributed by atoms with Gasteiger partial charge >= 0.3 is 0 Å². The van der Waals surface area contributed by atoms with Crippen molar-refractivity contribution in [2.45, 2.75) is 47.0 Å². The Hall–Kier alpha value is -1.88. The molecule has 26 heavy (non-hydrogen) atoms. The minimum atomic E-state index is 0.448. The number of hydrogen-bond donors (Lipinski definition) is 0. The van der Waals surface area contributed by atoms with Gasteiger partial charge in [-0.1, -0.05) is 19.1 Å². The average molecular weight is 357 g/mol. The van der Waals surface area contributed by atoms with Gasteiger partial charge in [-0.25, -0.2) is 0 Å². The van der Waals surface area contributed by atoms with Gasteiger partial charge in [-0.15, -0.1) is 5.10 Å². The Balaban J connectivity index is 0.000000278. The van der Waals surface area contributed by atoms with E-state index in [0.29, 0.717) is 5.41 Å². The van der Waals surface area contributed by atoms with Crippen LogP contribution in [0.4, 0.5) is 5.69 Å². The summed E-state index contributed by atoms with van der Waals surface area (Å²) in [6, 6.07) is 4.52. The molecule has 0 radical (unpaired) electrons. The third-order valence-electron chi connectivity index (χ3n) is 5.08. The van der Waals surface area contributed by atoms with Crippen LogP contribution in [0.3, 0.4) is 0 Å². The predicted octanol–water partition coefficient (Wildman–Crippen LogP) is 4.13. The summed E-state index contributed by atoms with van der Waals surface area (Å²) in [7, 11) is 1.90. The Bertz CT molecular complexity index is 727. The number of aryl methyl sites for hydroxylation is 3. The maximum atomic E-state index is 5.07. The van der Waals surface area contributed by atoms with Crippen LogP contribution in [0, 0.1) is 19.3 Å². The predicted molar refractivity (Wildman–Crippen MR) is 107 cm³/mol. The third kappa shape index (κ3) is 4.44. The normalized spacial score (nSPS) is 18.7. The van der Waals surface area contributed by atoms with E-state index in [4.69, 9.17) is 4.74 Å². The highest BCUT2D eigenvalue weighted by Gasteiger charge is 2.34. The fourth-order valence-electron chi connectivity index (χ4n) is 3.73. The topological polar surface area (TPSA) is 43.2 Å². The minimum Gasteiger partial charge on any atom is -0.381 e. The van der Waals surface area contributed by atoms with Crippen molar-refractivity contribution in [3.05, 3.63) is 29.5 Å². The molecule has 2 aromatic rings. The molecule has 2 aliphatic heterocycles. The van der Waals surface area contributed by atoms with E-state index in [1.54, 1.807) is 4.68 Å². The second-order valence-electron chi connectivity index (χ2n) is 8.42. The van der Waals surface area contributed by atoms with Crippen molar-refractivity contribution in [2.24, 2.45) is 12.5 Å². The molecule has 2 fully saturated rings. The highest BCUT2D eigenvalue weighted by Crippen LogP contribution is 2.37. The molecule has 3 heterocycles. The van der Waals surface area contributed by atoms with Crippen molar-refractivity contribution in [2.75, 3.05) is 31.2 Å². The number of rotatable bonds is 2. The van der Waals surface area contributed by atoms with Gasteiger partial charge in [-0.05, 0) is 61.8 Å². The summed E-state index contributed by atoms with van der Waals surface area (Å²) < 4.78 is 6.82. The molecule has 1 aromatic heterocycles. The number of anilines is 1. The molecule has 0 atom stereocenters. The quantitative estimate of drug-likeness (QED) is 0.811. The molecule has 0 aliphatic carbocycles. The zero-order valence-corrected chi connectivity index (χ0v) is 16.9. The zero-order chi connectivity index (χ0) is 18.7. The van der Waals surface area contributed by atoms with Crippen LogP contribution in [-0.2, 0) is 11.8 Å². The lowest BCUT2D eigenvalue weighted by molar-refractivity contribution is 0.0968. The molecular weight excluding hydrogens is 324 g/mol. The highest BCUT2D eigenvalue weighted by molar-refractivity contribution is 5.70. The molecule has 5 heteroatoms. The van der Waals surface area contributed by atoms with Gasteiger partial charge in [-0.3, -0.25) is 4.68 Å². The first kappa shape index (κ1) is 18.9. The molecule has 2 saturated heterocycles. The first-order valence-electron chi connectivity index (χ1n) is 9.66. The fraction of sp³-hybridized carbons (Fsp3) is 0.619. The van der Waals surface area contributed by atoms with E-state index >= 15 is 0 Å². The van der Waals surface area contributed by atoms with E-state index in [1.165, 1.54) is 41.6 Å². The summed E-state index contributed by atoms with van der Waals surface area (Å²) in [4.78, 5) is 2.46. The summed E-state index contributed by atoms with van der Waals surface area (Å²) in [5.41, 5.74) is 6.50. The standard InChI is InChI=1S/C16H22N4.C5H10O/c1-11-7-15(20-9-16(3,4)10-20)12(2)6-13(11)14-8-19(5)18-17-14;1-2-4-6-5-3-1/h6-8H,9-10H2,1-5H3;1-5H2. The van der Waals surface area contributed by atoms with Crippen molar-refractivity contribution >= 4 is 5.69 Å². The molecule has 2 aliphatic rings. The SMILES string of the molecule is C1CCOCC1.Cc1cc(N2CC(C)(C)C2)c(C)cc1-c1cn(C)nn1. The molecule has 5 nitrogen and oxygen atoms in total. The van der Waals surface area contributed by atoms with Crippen molar-refractivity contribution in [3.8, 4) is 11.3 Å². The molecule has 142 valence electrons. The second-order valence-corrected chi connectivity index (χ2v) is 8.42.